The van der Waals surface area contributed by atoms with Crippen molar-refractivity contribution < 1.29 is 14.3 Å². The predicted molar refractivity (Wildman–Crippen MR) is 92.7 cm³/mol. The lowest BCUT2D eigenvalue weighted by Gasteiger charge is -2.38. The second kappa shape index (κ2) is 6.53. The van der Waals surface area contributed by atoms with Gasteiger partial charge in [0, 0.05) is 51.1 Å². The maximum Gasteiger partial charge on any atom is 0.272 e. The van der Waals surface area contributed by atoms with Gasteiger partial charge in [0.1, 0.15) is 5.69 Å². The van der Waals surface area contributed by atoms with Crippen molar-refractivity contribution in [1.82, 2.24) is 25.0 Å². The van der Waals surface area contributed by atoms with E-state index in [1.54, 1.807) is 34.1 Å². The summed E-state index contributed by atoms with van der Waals surface area (Å²) in [6.07, 6.45) is 5.82. The molecular formula is C18H21N5O3. The van der Waals surface area contributed by atoms with Crippen LogP contribution in [0.15, 0.2) is 36.8 Å². The van der Waals surface area contributed by atoms with Gasteiger partial charge < -0.3 is 15.0 Å². The van der Waals surface area contributed by atoms with E-state index in [1.165, 1.54) is 6.92 Å². The molecule has 136 valence electrons. The van der Waals surface area contributed by atoms with E-state index in [-0.39, 0.29) is 17.7 Å². The highest BCUT2D eigenvalue weighted by atomic mass is 16.5. The van der Waals surface area contributed by atoms with Crippen LogP contribution < -0.4 is 5.32 Å². The first-order valence-corrected chi connectivity index (χ1v) is 8.69. The van der Waals surface area contributed by atoms with Crippen LogP contribution in [0, 0.1) is 5.92 Å². The van der Waals surface area contributed by atoms with Crippen LogP contribution in [0.25, 0.3) is 5.69 Å². The number of rotatable bonds is 3. The van der Waals surface area contributed by atoms with Crippen LogP contribution in [-0.2, 0) is 9.53 Å². The van der Waals surface area contributed by atoms with Crippen molar-refractivity contribution in [3.05, 3.63) is 42.5 Å². The largest absolute Gasteiger partial charge is 0.381 e. The maximum absolute atomic E-state index is 13.0. The summed E-state index contributed by atoms with van der Waals surface area (Å²) in [6, 6.07) is 5.36. The molecule has 2 aliphatic rings. The monoisotopic (exact) mass is 355 g/mol. The summed E-state index contributed by atoms with van der Waals surface area (Å²) >= 11 is 0. The quantitative estimate of drug-likeness (QED) is 0.872. The number of nitrogens with one attached hydrogen (secondary N) is 1. The molecule has 0 radical (unpaired) electrons. The summed E-state index contributed by atoms with van der Waals surface area (Å²) in [5.74, 6) is -0.124. The first-order chi connectivity index (χ1) is 12.6. The first kappa shape index (κ1) is 16.7. The lowest BCUT2D eigenvalue weighted by molar-refractivity contribution is -0.122. The molecule has 8 nitrogen and oxygen atoms in total. The highest BCUT2D eigenvalue weighted by Crippen LogP contribution is 2.35. The van der Waals surface area contributed by atoms with Crippen LogP contribution in [0.3, 0.4) is 0 Å². The number of pyridine rings is 1. The number of carbonyl (C=O) groups is 2. The predicted octanol–water partition coefficient (Wildman–Crippen LogP) is 0.634. The second-order valence-electron chi connectivity index (χ2n) is 6.89. The smallest absolute Gasteiger partial charge is 0.272 e. The highest BCUT2D eigenvalue weighted by Gasteiger charge is 2.50. The van der Waals surface area contributed by atoms with Gasteiger partial charge in [0.15, 0.2) is 0 Å². The molecular weight excluding hydrogens is 334 g/mol. The lowest BCUT2D eigenvalue weighted by Crippen LogP contribution is -2.57. The summed E-state index contributed by atoms with van der Waals surface area (Å²) < 4.78 is 7.26. The minimum Gasteiger partial charge on any atom is -0.381 e. The first-order valence-electron chi connectivity index (χ1n) is 8.69. The number of carbonyl (C=O) groups excluding carboxylic acids is 2. The molecule has 2 atom stereocenters. The fraction of sp³-hybridized carbons (Fsp3) is 0.444. The molecule has 4 heterocycles. The van der Waals surface area contributed by atoms with Crippen molar-refractivity contribution in [3.63, 3.8) is 0 Å². The zero-order valence-electron chi connectivity index (χ0n) is 14.6. The molecule has 2 aromatic rings. The van der Waals surface area contributed by atoms with Crippen molar-refractivity contribution in [2.24, 2.45) is 5.92 Å². The minimum atomic E-state index is -0.403. The fourth-order valence-electron chi connectivity index (χ4n) is 3.92. The molecule has 2 fully saturated rings. The summed E-state index contributed by atoms with van der Waals surface area (Å²) in [4.78, 5) is 30.7. The van der Waals surface area contributed by atoms with Gasteiger partial charge in [-0.25, -0.2) is 4.68 Å². The molecule has 0 aliphatic carbocycles. The molecule has 0 spiro atoms. The van der Waals surface area contributed by atoms with E-state index in [1.807, 2.05) is 12.3 Å². The number of likely N-dealkylation sites (tertiary alicyclic amines) is 1. The van der Waals surface area contributed by atoms with Crippen molar-refractivity contribution in [3.8, 4) is 5.69 Å². The van der Waals surface area contributed by atoms with E-state index in [0.717, 1.165) is 5.69 Å². The number of fused-ring (bicyclic) bond motifs is 1. The van der Waals surface area contributed by atoms with Gasteiger partial charge in [0.05, 0.1) is 17.8 Å². The van der Waals surface area contributed by atoms with E-state index < -0.39 is 5.54 Å². The molecule has 2 aliphatic heterocycles. The number of hydrogen-bond donors (Lipinski definition) is 1. The number of amides is 2. The molecule has 0 saturated carbocycles. The molecule has 0 unspecified atom stereocenters. The highest BCUT2D eigenvalue weighted by molar-refractivity contribution is 5.93. The van der Waals surface area contributed by atoms with Crippen LogP contribution in [0.1, 0.15) is 23.8 Å². The van der Waals surface area contributed by atoms with Gasteiger partial charge in [0.2, 0.25) is 5.91 Å². The molecule has 2 aromatic heterocycles. The molecule has 4 rings (SSSR count). The summed E-state index contributed by atoms with van der Waals surface area (Å²) in [5, 5.41) is 7.27. The zero-order chi connectivity index (χ0) is 18.1. The van der Waals surface area contributed by atoms with Crippen molar-refractivity contribution in [2.75, 3.05) is 26.3 Å². The summed E-state index contributed by atoms with van der Waals surface area (Å²) in [7, 11) is 0. The van der Waals surface area contributed by atoms with Gasteiger partial charge in [-0.3, -0.25) is 14.6 Å². The van der Waals surface area contributed by atoms with E-state index >= 15 is 0 Å². The molecule has 8 heteroatoms. The number of ether oxygens (including phenoxy) is 1. The third kappa shape index (κ3) is 2.96. The van der Waals surface area contributed by atoms with Crippen LogP contribution >= 0.6 is 0 Å². The molecule has 2 saturated heterocycles. The SMILES string of the molecule is CC(=O)N[C@@]12CCOC[C@@H]1CN(C(=O)c1cc(-n3cccn3)ccn1)C2. The summed E-state index contributed by atoms with van der Waals surface area (Å²) in [6.45, 7) is 3.68. The van der Waals surface area contributed by atoms with Gasteiger partial charge in [-0.15, -0.1) is 0 Å². The molecule has 26 heavy (non-hydrogen) atoms. The van der Waals surface area contributed by atoms with Crippen molar-refractivity contribution in [1.29, 1.82) is 0 Å². The molecule has 2 amide bonds. The maximum atomic E-state index is 13.0. The Morgan fingerprint density at radius 3 is 3.04 bits per heavy atom. The van der Waals surface area contributed by atoms with Crippen LogP contribution in [0.5, 0.6) is 0 Å². The normalized spacial score (nSPS) is 25.0. The molecule has 0 aromatic carbocycles. The average Bonchev–Trinajstić information content (AvgIpc) is 3.28. The number of nitrogens with zero attached hydrogens (tertiary/aromatic N) is 4. The Labute approximate surface area is 151 Å². The lowest BCUT2D eigenvalue weighted by atomic mass is 9.83. The molecule has 1 N–H and O–H groups in total. The van der Waals surface area contributed by atoms with Gasteiger partial charge in [-0.05, 0) is 24.6 Å². The number of hydrogen-bond acceptors (Lipinski definition) is 5. The van der Waals surface area contributed by atoms with E-state index in [2.05, 4.69) is 15.4 Å². The Hall–Kier alpha value is -2.74. The fourth-order valence-corrected chi connectivity index (χ4v) is 3.92. The third-order valence-electron chi connectivity index (χ3n) is 5.15. The van der Waals surface area contributed by atoms with Crippen molar-refractivity contribution in [2.45, 2.75) is 18.9 Å². The average molecular weight is 355 g/mol. The summed E-state index contributed by atoms with van der Waals surface area (Å²) in [5.41, 5.74) is 0.750. The van der Waals surface area contributed by atoms with Crippen LogP contribution in [0.2, 0.25) is 0 Å². The Morgan fingerprint density at radius 1 is 1.38 bits per heavy atom. The van der Waals surface area contributed by atoms with Crippen LogP contribution in [-0.4, -0.2) is 63.3 Å². The molecule has 0 bridgehead atoms. The third-order valence-corrected chi connectivity index (χ3v) is 5.15. The van der Waals surface area contributed by atoms with E-state index in [0.29, 0.717) is 38.4 Å². The Bertz CT molecular complexity index is 822. The van der Waals surface area contributed by atoms with E-state index in [4.69, 9.17) is 4.74 Å². The van der Waals surface area contributed by atoms with Gasteiger partial charge in [-0.1, -0.05) is 0 Å². The standard InChI is InChI=1S/C18H21N5O3/c1-13(24)21-18-4-8-26-11-14(18)10-22(12-18)17(25)16-9-15(3-6-19-16)23-7-2-5-20-23/h2-3,5-7,9,14H,4,8,10-12H2,1H3,(H,21,24)/t14-,18+/m0/s1. The Morgan fingerprint density at radius 2 is 2.27 bits per heavy atom. The van der Waals surface area contributed by atoms with Gasteiger partial charge in [0.25, 0.3) is 5.91 Å². The number of aromatic nitrogens is 3. The second-order valence-corrected chi connectivity index (χ2v) is 6.89. The zero-order valence-corrected chi connectivity index (χ0v) is 14.6. The topological polar surface area (TPSA) is 89.4 Å². The van der Waals surface area contributed by atoms with Gasteiger partial charge in [-0.2, -0.15) is 5.10 Å². The Kier molecular flexibility index (Phi) is 4.20. The van der Waals surface area contributed by atoms with E-state index in [9.17, 15) is 9.59 Å². The van der Waals surface area contributed by atoms with Crippen LogP contribution in [0.4, 0.5) is 0 Å². The Balaban J connectivity index is 1.57. The van der Waals surface area contributed by atoms with Gasteiger partial charge >= 0.3 is 0 Å². The van der Waals surface area contributed by atoms with Crippen molar-refractivity contribution >= 4 is 11.8 Å². The minimum absolute atomic E-state index is 0.0787.